The summed E-state index contributed by atoms with van der Waals surface area (Å²) < 4.78 is 19.0. The maximum atomic E-state index is 13.5. The summed E-state index contributed by atoms with van der Waals surface area (Å²) in [6.07, 6.45) is 0. The van der Waals surface area contributed by atoms with E-state index >= 15 is 0 Å². The summed E-state index contributed by atoms with van der Waals surface area (Å²) in [6.45, 7) is 0. The lowest BCUT2D eigenvalue weighted by Gasteiger charge is -2.01. The third-order valence-electron chi connectivity index (χ3n) is 2.79. The van der Waals surface area contributed by atoms with Gasteiger partial charge in [-0.05, 0) is 18.2 Å². The Morgan fingerprint density at radius 1 is 1.00 bits per heavy atom. The molecule has 0 aliphatic rings. The number of benzene rings is 2. The van der Waals surface area contributed by atoms with Gasteiger partial charge < -0.3 is 14.5 Å². The molecule has 1 aromatic heterocycles. The van der Waals surface area contributed by atoms with Gasteiger partial charge in [-0.25, -0.2) is 4.39 Å². The monoisotopic (exact) mass is 230 g/mol. The Hall–Kier alpha value is -1.85. The number of fused-ring (bicyclic) bond motifs is 3. The first-order valence-electron chi connectivity index (χ1n) is 5.14. The van der Waals surface area contributed by atoms with Crippen LogP contribution in [0.5, 0.6) is 0 Å². The SMILES string of the molecule is OB(O)c1c(F)ccc2c1oc1ccccc12. The zero-order chi connectivity index (χ0) is 12.0. The van der Waals surface area contributed by atoms with E-state index in [2.05, 4.69) is 0 Å². The fraction of sp³-hybridized carbons (Fsp3) is 0. The Kier molecular flexibility index (Phi) is 2.17. The molecule has 0 atom stereocenters. The van der Waals surface area contributed by atoms with E-state index in [1.807, 2.05) is 12.1 Å². The van der Waals surface area contributed by atoms with Crippen molar-refractivity contribution in [2.24, 2.45) is 0 Å². The van der Waals surface area contributed by atoms with Gasteiger partial charge >= 0.3 is 7.12 Å². The summed E-state index contributed by atoms with van der Waals surface area (Å²) in [5.41, 5.74) is 0.551. The summed E-state index contributed by atoms with van der Waals surface area (Å²) in [4.78, 5) is 0. The fourth-order valence-corrected chi connectivity index (χ4v) is 2.03. The van der Waals surface area contributed by atoms with Crippen LogP contribution in [0.1, 0.15) is 0 Å². The van der Waals surface area contributed by atoms with Crippen molar-refractivity contribution in [3.8, 4) is 0 Å². The molecule has 0 saturated heterocycles. The van der Waals surface area contributed by atoms with Crippen LogP contribution in [0.4, 0.5) is 4.39 Å². The number of para-hydroxylation sites is 1. The predicted molar refractivity (Wildman–Crippen MR) is 63.5 cm³/mol. The highest BCUT2D eigenvalue weighted by molar-refractivity contribution is 6.62. The maximum Gasteiger partial charge on any atom is 0.495 e. The first-order chi connectivity index (χ1) is 8.18. The zero-order valence-electron chi connectivity index (χ0n) is 8.72. The first kappa shape index (κ1) is 10.3. The van der Waals surface area contributed by atoms with Crippen molar-refractivity contribution in [1.29, 1.82) is 0 Å². The molecule has 3 aromatic rings. The van der Waals surface area contributed by atoms with Gasteiger partial charge in [0.1, 0.15) is 17.0 Å². The van der Waals surface area contributed by atoms with E-state index < -0.39 is 12.9 Å². The van der Waals surface area contributed by atoms with E-state index in [0.717, 1.165) is 5.39 Å². The van der Waals surface area contributed by atoms with Crippen LogP contribution in [0.2, 0.25) is 0 Å². The molecule has 0 spiro atoms. The van der Waals surface area contributed by atoms with Crippen molar-refractivity contribution >= 4 is 34.5 Å². The average molecular weight is 230 g/mol. The molecule has 0 radical (unpaired) electrons. The lowest BCUT2D eigenvalue weighted by atomic mass is 9.79. The molecule has 5 heteroatoms. The molecule has 0 bridgehead atoms. The van der Waals surface area contributed by atoms with Gasteiger partial charge in [0.15, 0.2) is 0 Å². The zero-order valence-corrected chi connectivity index (χ0v) is 8.72. The lowest BCUT2D eigenvalue weighted by molar-refractivity contribution is 0.423. The topological polar surface area (TPSA) is 53.6 Å². The molecule has 0 saturated carbocycles. The predicted octanol–water partition coefficient (Wildman–Crippen LogP) is 1.40. The standard InChI is InChI=1S/C12H8BFO3/c14-9-6-5-8-7-3-1-2-4-10(7)17-12(8)11(9)13(15)16/h1-6,15-16H. The largest absolute Gasteiger partial charge is 0.495 e. The van der Waals surface area contributed by atoms with Crippen molar-refractivity contribution < 1.29 is 18.9 Å². The Morgan fingerprint density at radius 2 is 1.76 bits per heavy atom. The molecule has 1 heterocycles. The number of hydrogen-bond donors (Lipinski definition) is 2. The highest BCUT2D eigenvalue weighted by Crippen LogP contribution is 2.27. The van der Waals surface area contributed by atoms with Gasteiger partial charge in [0.25, 0.3) is 0 Å². The van der Waals surface area contributed by atoms with Gasteiger partial charge in [-0.2, -0.15) is 0 Å². The molecular formula is C12H8BFO3. The highest BCUT2D eigenvalue weighted by atomic mass is 19.1. The molecule has 2 aromatic carbocycles. The summed E-state index contributed by atoms with van der Waals surface area (Å²) in [6, 6.07) is 10.0. The second-order valence-corrected chi connectivity index (χ2v) is 3.81. The van der Waals surface area contributed by atoms with E-state index in [9.17, 15) is 14.4 Å². The molecule has 0 amide bonds. The Balaban J connectivity index is 2.51. The van der Waals surface area contributed by atoms with Crippen LogP contribution in [0.15, 0.2) is 40.8 Å². The van der Waals surface area contributed by atoms with Crippen LogP contribution in [0, 0.1) is 5.82 Å². The molecule has 0 fully saturated rings. The van der Waals surface area contributed by atoms with Crippen LogP contribution >= 0.6 is 0 Å². The molecule has 0 aliphatic heterocycles. The van der Waals surface area contributed by atoms with Crippen molar-refractivity contribution in [2.45, 2.75) is 0 Å². The third kappa shape index (κ3) is 1.44. The number of halogens is 1. The lowest BCUT2D eigenvalue weighted by Crippen LogP contribution is -2.33. The van der Waals surface area contributed by atoms with Gasteiger partial charge in [0, 0.05) is 10.8 Å². The van der Waals surface area contributed by atoms with E-state index in [1.165, 1.54) is 6.07 Å². The van der Waals surface area contributed by atoms with Crippen molar-refractivity contribution in [3.63, 3.8) is 0 Å². The van der Waals surface area contributed by atoms with Gasteiger partial charge in [-0.15, -0.1) is 0 Å². The van der Waals surface area contributed by atoms with Crippen LogP contribution in [-0.2, 0) is 0 Å². The molecule has 0 aliphatic carbocycles. The summed E-state index contributed by atoms with van der Waals surface area (Å²) in [7, 11) is -1.89. The van der Waals surface area contributed by atoms with Gasteiger partial charge in [0.05, 0.1) is 5.46 Å². The number of furan rings is 1. The van der Waals surface area contributed by atoms with E-state index in [1.54, 1.807) is 18.2 Å². The minimum atomic E-state index is -1.89. The van der Waals surface area contributed by atoms with Crippen LogP contribution in [0.25, 0.3) is 21.9 Å². The normalized spacial score (nSPS) is 11.2. The van der Waals surface area contributed by atoms with Crippen LogP contribution in [0.3, 0.4) is 0 Å². The Morgan fingerprint density at radius 3 is 2.53 bits per heavy atom. The van der Waals surface area contributed by atoms with Crippen molar-refractivity contribution in [1.82, 2.24) is 0 Å². The van der Waals surface area contributed by atoms with E-state index in [-0.39, 0.29) is 11.0 Å². The fourth-order valence-electron chi connectivity index (χ4n) is 2.03. The molecule has 84 valence electrons. The van der Waals surface area contributed by atoms with Crippen LogP contribution < -0.4 is 5.46 Å². The first-order valence-corrected chi connectivity index (χ1v) is 5.14. The minimum Gasteiger partial charge on any atom is -0.456 e. The molecule has 3 rings (SSSR count). The highest BCUT2D eigenvalue weighted by Gasteiger charge is 2.23. The van der Waals surface area contributed by atoms with Gasteiger partial charge in [-0.3, -0.25) is 0 Å². The molecule has 17 heavy (non-hydrogen) atoms. The van der Waals surface area contributed by atoms with E-state index in [0.29, 0.717) is 11.0 Å². The summed E-state index contributed by atoms with van der Waals surface area (Å²) >= 11 is 0. The summed E-state index contributed by atoms with van der Waals surface area (Å²) in [5.74, 6) is -0.688. The van der Waals surface area contributed by atoms with Crippen LogP contribution in [-0.4, -0.2) is 17.2 Å². The quantitative estimate of drug-likeness (QED) is 0.621. The second kappa shape index (κ2) is 3.58. The maximum absolute atomic E-state index is 13.5. The Bertz CT molecular complexity index is 705. The number of rotatable bonds is 1. The molecule has 3 nitrogen and oxygen atoms in total. The minimum absolute atomic E-state index is 0.182. The molecule has 0 unspecified atom stereocenters. The van der Waals surface area contributed by atoms with Crippen molar-refractivity contribution in [3.05, 3.63) is 42.2 Å². The van der Waals surface area contributed by atoms with Gasteiger partial charge in [0.2, 0.25) is 0 Å². The number of hydrogen-bond acceptors (Lipinski definition) is 3. The molecule has 2 N–H and O–H groups in total. The Labute approximate surface area is 96.2 Å². The average Bonchev–Trinajstić information content (AvgIpc) is 2.66. The van der Waals surface area contributed by atoms with E-state index in [4.69, 9.17) is 4.42 Å². The van der Waals surface area contributed by atoms with Crippen molar-refractivity contribution in [2.75, 3.05) is 0 Å². The molecular weight excluding hydrogens is 222 g/mol. The summed E-state index contributed by atoms with van der Waals surface area (Å²) in [5, 5.41) is 19.9. The van der Waals surface area contributed by atoms with Gasteiger partial charge in [-0.1, -0.05) is 18.2 Å². The second-order valence-electron chi connectivity index (χ2n) is 3.81. The third-order valence-corrected chi connectivity index (χ3v) is 2.79. The smallest absolute Gasteiger partial charge is 0.456 e.